The summed E-state index contributed by atoms with van der Waals surface area (Å²) in [7, 11) is 0. The molecule has 0 aromatic carbocycles. The quantitative estimate of drug-likeness (QED) is 0.780. The zero-order chi connectivity index (χ0) is 9.80. The van der Waals surface area contributed by atoms with Gasteiger partial charge in [0, 0.05) is 13.1 Å². The molecule has 14 heavy (non-hydrogen) atoms. The minimum atomic E-state index is 0.175. The Hall–Kier alpha value is -0.870. The SMILES string of the molecule is O=C(NCc1ccsc1)[C@H]1CCNC1. The maximum atomic E-state index is 11.6. The summed E-state index contributed by atoms with van der Waals surface area (Å²) in [5, 5.41) is 10.2. The van der Waals surface area contributed by atoms with Gasteiger partial charge in [-0.25, -0.2) is 0 Å². The van der Waals surface area contributed by atoms with Gasteiger partial charge in [-0.1, -0.05) is 0 Å². The Morgan fingerprint density at radius 1 is 1.71 bits per heavy atom. The molecule has 1 aromatic heterocycles. The number of carbonyl (C=O) groups excluding carboxylic acids is 1. The van der Waals surface area contributed by atoms with Crippen molar-refractivity contribution in [2.75, 3.05) is 13.1 Å². The van der Waals surface area contributed by atoms with Gasteiger partial charge in [0.25, 0.3) is 0 Å². The highest BCUT2D eigenvalue weighted by molar-refractivity contribution is 7.07. The van der Waals surface area contributed by atoms with Crippen LogP contribution in [-0.4, -0.2) is 19.0 Å². The maximum Gasteiger partial charge on any atom is 0.224 e. The minimum absolute atomic E-state index is 0.175. The lowest BCUT2D eigenvalue weighted by molar-refractivity contribution is -0.124. The van der Waals surface area contributed by atoms with E-state index in [2.05, 4.69) is 16.0 Å². The molecule has 2 rings (SSSR count). The lowest BCUT2D eigenvalue weighted by atomic mass is 10.1. The Labute approximate surface area is 87.5 Å². The molecule has 0 unspecified atom stereocenters. The average molecular weight is 210 g/mol. The molecule has 1 atom stereocenters. The van der Waals surface area contributed by atoms with Crippen molar-refractivity contribution in [3.63, 3.8) is 0 Å². The van der Waals surface area contributed by atoms with Crippen LogP contribution in [0.15, 0.2) is 16.8 Å². The Morgan fingerprint density at radius 3 is 3.29 bits per heavy atom. The summed E-state index contributed by atoms with van der Waals surface area (Å²) in [6.07, 6.45) is 0.968. The van der Waals surface area contributed by atoms with Crippen molar-refractivity contribution in [1.82, 2.24) is 10.6 Å². The molecule has 1 saturated heterocycles. The van der Waals surface area contributed by atoms with Crippen LogP contribution >= 0.6 is 11.3 Å². The molecule has 1 aliphatic heterocycles. The molecule has 0 radical (unpaired) electrons. The molecule has 0 spiro atoms. The van der Waals surface area contributed by atoms with Crippen molar-refractivity contribution in [1.29, 1.82) is 0 Å². The van der Waals surface area contributed by atoms with Gasteiger partial charge < -0.3 is 10.6 Å². The highest BCUT2D eigenvalue weighted by Crippen LogP contribution is 2.09. The second kappa shape index (κ2) is 4.57. The standard InChI is InChI=1S/C10H14N2OS/c13-10(9-1-3-11-6-9)12-5-8-2-4-14-7-8/h2,4,7,9,11H,1,3,5-6H2,(H,12,13)/t9-/m0/s1. The summed E-state index contributed by atoms with van der Waals surface area (Å²) in [6, 6.07) is 2.04. The van der Waals surface area contributed by atoms with Crippen LogP contribution in [0.2, 0.25) is 0 Å². The second-order valence-corrected chi connectivity index (χ2v) is 4.32. The summed E-state index contributed by atoms with van der Waals surface area (Å²) in [5.74, 6) is 0.356. The summed E-state index contributed by atoms with van der Waals surface area (Å²) >= 11 is 1.66. The van der Waals surface area contributed by atoms with E-state index in [0.717, 1.165) is 19.5 Å². The van der Waals surface area contributed by atoms with Crippen molar-refractivity contribution >= 4 is 17.2 Å². The summed E-state index contributed by atoms with van der Waals surface area (Å²) in [5.41, 5.74) is 1.19. The fraction of sp³-hybridized carbons (Fsp3) is 0.500. The molecular weight excluding hydrogens is 196 g/mol. The highest BCUT2D eigenvalue weighted by atomic mass is 32.1. The van der Waals surface area contributed by atoms with E-state index in [1.165, 1.54) is 5.56 Å². The van der Waals surface area contributed by atoms with Gasteiger partial charge in [-0.2, -0.15) is 11.3 Å². The molecule has 2 heterocycles. The first kappa shape index (κ1) is 9.68. The highest BCUT2D eigenvalue weighted by Gasteiger charge is 2.21. The van der Waals surface area contributed by atoms with Crippen LogP contribution in [0.3, 0.4) is 0 Å². The summed E-state index contributed by atoms with van der Waals surface area (Å²) in [4.78, 5) is 11.6. The molecule has 1 aromatic rings. The van der Waals surface area contributed by atoms with E-state index in [4.69, 9.17) is 0 Å². The van der Waals surface area contributed by atoms with Crippen molar-refractivity contribution < 1.29 is 4.79 Å². The minimum Gasteiger partial charge on any atom is -0.352 e. The first-order valence-electron chi connectivity index (χ1n) is 4.86. The number of nitrogens with one attached hydrogen (secondary N) is 2. The van der Waals surface area contributed by atoms with Crippen LogP contribution in [0, 0.1) is 5.92 Å². The lowest BCUT2D eigenvalue weighted by Crippen LogP contribution is -2.31. The molecule has 1 amide bonds. The van der Waals surface area contributed by atoms with Gasteiger partial charge in [0.05, 0.1) is 5.92 Å². The van der Waals surface area contributed by atoms with Crippen LogP contribution in [0.4, 0.5) is 0 Å². The Bertz CT molecular complexity index is 291. The molecule has 3 nitrogen and oxygen atoms in total. The first-order chi connectivity index (χ1) is 6.86. The predicted molar refractivity (Wildman–Crippen MR) is 57.1 cm³/mol. The molecule has 4 heteroatoms. The third-order valence-electron chi connectivity index (χ3n) is 2.48. The molecule has 0 aliphatic carbocycles. The number of amides is 1. The summed E-state index contributed by atoms with van der Waals surface area (Å²) < 4.78 is 0. The van der Waals surface area contributed by atoms with Gasteiger partial charge in [0.2, 0.25) is 5.91 Å². The zero-order valence-corrected chi connectivity index (χ0v) is 8.77. The van der Waals surface area contributed by atoms with Crippen molar-refractivity contribution in [3.8, 4) is 0 Å². The van der Waals surface area contributed by atoms with Gasteiger partial charge >= 0.3 is 0 Å². The molecule has 2 N–H and O–H groups in total. The van der Waals surface area contributed by atoms with E-state index >= 15 is 0 Å². The van der Waals surface area contributed by atoms with Crippen molar-refractivity contribution in [3.05, 3.63) is 22.4 Å². The van der Waals surface area contributed by atoms with Gasteiger partial charge in [-0.3, -0.25) is 4.79 Å². The van der Waals surface area contributed by atoms with Crippen LogP contribution in [0.1, 0.15) is 12.0 Å². The van der Waals surface area contributed by atoms with Gasteiger partial charge in [0.1, 0.15) is 0 Å². The maximum absolute atomic E-state index is 11.6. The predicted octanol–water partition coefficient (Wildman–Crippen LogP) is 0.974. The molecule has 0 bridgehead atoms. The van der Waals surface area contributed by atoms with E-state index in [0.29, 0.717) is 6.54 Å². The van der Waals surface area contributed by atoms with E-state index in [-0.39, 0.29) is 11.8 Å². The van der Waals surface area contributed by atoms with Crippen LogP contribution in [0.5, 0.6) is 0 Å². The second-order valence-electron chi connectivity index (χ2n) is 3.54. The molecule has 0 saturated carbocycles. The topological polar surface area (TPSA) is 41.1 Å². The smallest absolute Gasteiger partial charge is 0.224 e. The van der Waals surface area contributed by atoms with Gasteiger partial charge in [0.15, 0.2) is 0 Å². The third-order valence-corrected chi connectivity index (χ3v) is 3.21. The largest absolute Gasteiger partial charge is 0.352 e. The van der Waals surface area contributed by atoms with E-state index in [9.17, 15) is 4.79 Å². The van der Waals surface area contributed by atoms with Crippen LogP contribution < -0.4 is 10.6 Å². The molecular formula is C10H14N2OS. The average Bonchev–Trinajstić information content (AvgIpc) is 2.87. The van der Waals surface area contributed by atoms with Gasteiger partial charge in [-0.15, -0.1) is 0 Å². The zero-order valence-electron chi connectivity index (χ0n) is 7.95. The number of hydrogen-bond acceptors (Lipinski definition) is 3. The van der Waals surface area contributed by atoms with Crippen molar-refractivity contribution in [2.45, 2.75) is 13.0 Å². The fourth-order valence-electron chi connectivity index (χ4n) is 1.61. The van der Waals surface area contributed by atoms with E-state index < -0.39 is 0 Å². The fourth-order valence-corrected chi connectivity index (χ4v) is 2.27. The van der Waals surface area contributed by atoms with E-state index in [1.807, 2.05) is 11.4 Å². The number of thiophene rings is 1. The van der Waals surface area contributed by atoms with Gasteiger partial charge in [-0.05, 0) is 35.4 Å². The molecule has 1 aliphatic rings. The monoisotopic (exact) mass is 210 g/mol. The van der Waals surface area contributed by atoms with Crippen LogP contribution in [0.25, 0.3) is 0 Å². The number of rotatable bonds is 3. The van der Waals surface area contributed by atoms with Crippen molar-refractivity contribution in [2.24, 2.45) is 5.92 Å². The Morgan fingerprint density at radius 2 is 2.64 bits per heavy atom. The molecule has 1 fully saturated rings. The first-order valence-corrected chi connectivity index (χ1v) is 5.80. The van der Waals surface area contributed by atoms with E-state index in [1.54, 1.807) is 11.3 Å². The normalized spacial score (nSPS) is 21.0. The van der Waals surface area contributed by atoms with Crippen LogP contribution in [-0.2, 0) is 11.3 Å². The molecule has 76 valence electrons. The summed E-state index contributed by atoms with van der Waals surface area (Å²) in [6.45, 7) is 2.46. The number of hydrogen-bond donors (Lipinski definition) is 2. The third kappa shape index (κ3) is 2.33. The Kier molecular flexibility index (Phi) is 3.16. The lowest BCUT2D eigenvalue weighted by Gasteiger charge is -2.08. The number of carbonyl (C=O) groups is 1. The Balaban J connectivity index is 1.77.